The molecule has 128 valence electrons. The third kappa shape index (κ3) is 5.80. The molecule has 0 saturated carbocycles. The van der Waals surface area contributed by atoms with Gasteiger partial charge in [-0.3, -0.25) is 9.59 Å². The van der Waals surface area contributed by atoms with E-state index in [4.69, 9.17) is 4.74 Å². The first-order valence-electron chi connectivity index (χ1n) is 7.47. The molecule has 0 aliphatic carbocycles. The van der Waals surface area contributed by atoms with Crippen molar-refractivity contribution in [2.75, 3.05) is 20.2 Å². The van der Waals surface area contributed by atoms with E-state index in [-0.39, 0.29) is 48.3 Å². The summed E-state index contributed by atoms with van der Waals surface area (Å²) in [7, 11) is 1.36. The molecule has 1 unspecified atom stereocenters. The van der Waals surface area contributed by atoms with Crippen molar-refractivity contribution in [2.24, 2.45) is 0 Å². The molecule has 0 spiro atoms. The predicted octanol–water partition coefficient (Wildman–Crippen LogP) is 2.09. The molecule has 1 aromatic rings. The van der Waals surface area contributed by atoms with Gasteiger partial charge in [0.2, 0.25) is 5.91 Å². The maximum Gasteiger partial charge on any atom is 0.220 e. The summed E-state index contributed by atoms with van der Waals surface area (Å²) in [5.74, 6) is -0.893. The van der Waals surface area contributed by atoms with Crippen LogP contribution in [0.15, 0.2) is 18.2 Å². The van der Waals surface area contributed by atoms with Gasteiger partial charge in [-0.05, 0) is 37.6 Å². The van der Waals surface area contributed by atoms with E-state index in [9.17, 15) is 14.0 Å². The van der Waals surface area contributed by atoms with E-state index in [1.165, 1.54) is 19.2 Å². The van der Waals surface area contributed by atoms with Crippen LogP contribution in [0.5, 0.6) is 5.75 Å². The van der Waals surface area contributed by atoms with Crippen molar-refractivity contribution in [1.29, 1.82) is 0 Å². The summed E-state index contributed by atoms with van der Waals surface area (Å²) in [6, 6.07) is 4.39. The van der Waals surface area contributed by atoms with Crippen LogP contribution >= 0.6 is 12.4 Å². The van der Waals surface area contributed by atoms with Gasteiger partial charge in [-0.15, -0.1) is 12.4 Å². The Morgan fingerprint density at radius 3 is 2.78 bits per heavy atom. The van der Waals surface area contributed by atoms with Crippen LogP contribution in [0.4, 0.5) is 4.39 Å². The highest BCUT2D eigenvalue weighted by atomic mass is 35.5. The molecule has 1 atom stereocenters. The van der Waals surface area contributed by atoms with Gasteiger partial charge in [0.1, 0.15) is 0 Å². The minimum Gasteiger partial charge on any atom is -0.494 e. The van der Waals surface area contributed by atoms with Crippen molar-refractivity contribution in [3.05, 3.63) is 29.6 Å². The molecular weight excluding hydrogens is 323 g/mol. The van der Waals surface area contributed by atoms with Crippen molar-refractivity contribution >= 4 is 24.1 Å². The minimum atomic E-state index is -0.579. The predicted molar refractivity (Wildman–Crippen MR) is 87.8 cm³/mol. The fourth-order valence-corrected chi connectivity index (χ4v) is 2.47. The van der Waals surface area contributed by atoms with Gasteiger partial charge >= 0.3 is 0 Å². The normalized spacial score (nSPS) is 16.5. The van der Waals surface area contributed by atoms with E-state index >= 15 is 0 Å². The molecule has 1 saturated heterocycles. The number of hydrogen-bond acceptors (Lipinski definition) is 4. The van der Waals surface area contributed by atoms with Crippen LogP contribution in [0.1, 0.15) is 36.0 Å². The Kier molecular flexibility index (Phi) is 7.98. The number of carbonyl (C=O) groups excluding carboxylic acids is 2. The SMILES string of the molecule is COc1ccc(C(=O)CCC(=O)NCC2CCCN2)cc1F.Cl. The minimum absolute atomic E-state index is 0. The zero-order valence-corrected chi connectivity index (χ0v) is 13.9. The highest BCUT2D eigenvalue weighted by Crippen LogP contribution is 2.18. The average Bonchev–Trinajstić information content (AvgIpc) is 3.03. The second-order valence-corrected chi connectivity index (χ2v) is 5.37. The topological polar surface area (TPSA) is 67.4 Å². The largest absolute Gasteiger partial charge is 0.494 e. The zero-order chi connectivity index (χ0) is 15.9. The fourth-order valence-electron chi connectivity index (χ4n) is 2.47. The molecule has 1 aliphatic heterocycles. The first kappa shape index (κ1) is 19.4. The smallest absolute Gasteiger partial charge is 0.220 e. The molecule has 5 nitrogen and oxygen atoms in total. The summed E-state index contributed by atoms with van der Waals surface area (Å²) in [6.07, 6.45) is 2.36. The van der Waals surface area contributed by atoms with Crippen molar-refractivity contribution in [1.82, 2.24) is 10.6 Å². The number of nitrogens with one attached hydrogen (secondary N) is 2. The Morgan fingerprint density at radius 2 is 2.17 bits per heavy atom. The van der Waals surface area contributed by atoms with E-state index in [2.05, 4.69) is 10.6 Å². The van der Waals surface area contributed by atoms with Crippen molar-refractivity contribution in [2.45, 2.75) is 31.7 Å². The van der Waals surface area contributed by atoms with Crippen LogP contribution in [-0.2, 0) is 4.79 Å². The molecule has 1 fully saturated rings. The Labute approximate surface area is 141 Å². The van der Waals surface area contributed by atoms with Gasteiger partial charge < -0.3 is 15.4 Å². The van der Waals surface area contributed by atoms with Gasteiger partial charge in [-0.2, -0.15) is 0 Å². The molecule has 23 heavy (non-hydrogen) atoms. The molecular formula is C16H22ClFN2O3. The molecule has 1 amide bonds. The van der Waals surface area contributed by atoms with Gasteiger partial charge in [0.05, 0.1) is 7.11 Å². The number of Topliss-reactive ketones (excluding diaryl/α,β-unsaturated/α-hetero) is 1. The van der Waals surface area contributed by atoms with Gasteiger partial charge in [-0.25, -0.2) is 4.39 Å². The summed E-state index contributed by atoms with van der Waals surface area (Å²) in [4.78, 5) is 23.7. The number of ether oxygens (including phenoxy) is 1. The number of halogens is 2. The molecule has 0 bridgehead atoms. The van der Waals surface area contributed by atoms with Crippen LogP contribution in [0.2, 0.25) is 0 Å². The lowest BCUT2D eigenvalue weighted by Crippen LogP contribution is -2.37. The van der Waals surface area contributed by atoms with E-state index in [1.807, 2.05) is 0 Å². The number of methoxy groups -OCH3 is 1. The Balaban J connectivity index is 0.00000264. The second kappa shape index (κ2) is 9.47. The molecule has 0 radical (unpaired) electrons. The standard InChI is InChI=1S/C16H21FN2O3.ClH/c1-22-15-6-4-11(9-13(15)17)14(20)5-7-16(21)19-10-12-3-2-8-18-12;/h4,6,9,12,18H,2-3,5,7-8,10H2,1H3,(H,19,21);1H. The fraction of sp³-hybridized carbons (Fsp3) is 0.500. The molecule has 1 aliphatic rings. The first-order chi connectivity index (χ1) is 10.6. The number of carbonyl (C=O) groups is 2. The van der Waals surface area contributed by atoms with Crippen LogP contribution in [0, 0.1) is 5.82 Å². The third-order valence-corrected chi connectivity index (χ3v) is 3.76. The maximum absolute atomic E-state index is 13.5. The van der Waals surface area contributed by atoms with Gasteiger partial charge in [-0.1, -0.05) is 0 Å². The average molecular weight is 345 g/mol. The maximum atomic E-state index is 13.5. The number of rotatable bonds is 7. The number of amides is 1. The van der Waals surface area contributed by atoms with E-state index in [0.29, 0.717) is 12.6 Å². The third-order valence-electron chi connectivity index (χ3n) is 3.76. The van der Waals surface area contributed by atoms with E-state index in [0.717, 1.165) is 25.5 Å². The summed E-state index contributed by atoms with van der Waals surface area (Å²) in [6.45, 7) is 1.58. The van der Waals surface area contributed by atoms with Crippen molar-refractivity contribution in [3.63, 3.8) is 0 Å². The van der Waals surface area contributed by atoms with Crippen molar-refractivity contribution in [3.8, 4) is 5.75 Å². The molecule has 1 heterocycles. The number of hydrogen-bond donors (Lipinski definition) is 2. The first-order valence-corrected chi connectivity index (χ1v) is 7.47. The number of benzene rings is 1. The molecule has 7 heteroatoms. The summed E-state index contributed by atoms with van der Waals surface area (Å²) >= 11 is 0. The molecule has 2 rings (SSSR count). The quantitative estimate of drug-likeness (QED) is 0.743. The molecule has 0 aromatic heterocycles. The van der Waals surface area contributed by atoms with E-state index in [1.54, 1.807) is 0 Å². The van der Waals surface area contributed by atoms with Crippen LogP contribution in [0.3, 0.4) is 0 Å². The zero-order valence-electron chi connectivity index (χ0n) is 13.1. The molecule has 2 N–H and O–H groups in total. The van der Waals surface area contributed by atoms with Gasteiger partial charge in [0, 0.05) is 31.0 Å². The Bertz CT molecular complexity index is 548. The molecule has 1 aromatic carbocycles. The lowest BCUT2D eigenvalue weighted by Gasteiger charge is -2.11. The van der Waals surface area contributed by atoms with Crippen molar-refractivity contribution < 1.29 is 18.7 Å². The second-order valence-electron chi connectivity index (χ2n) is 5.37. The Morgan fingerprint density at radius 1 is 1.39 bits per heavy atom. The lowest BCUT2D eigenvalue weighted by atomic mass is 10.1. The lowest BCUT2D eigenvalue weighted by molar-refractivity contribution is -0.121. The monoisotopic (exact) mass is 344 g/mol. The highest BCUT2D eigenvalue weighted by Gasteiger charge is 2.16. The van der Waals surface area contributed by atoms with Crippen LogP contribution in [-0.4, -0.2) is 37.9 Å². The van der Waals surface area contributed by atoms with Crippen LogP contribution < -0.4 is 15.4 Å². The highest BCUT2D eigenvalue weighted by molar-refractivity contribution is 5.98. The Hall–Kier alpha value is -1.66. The summed E-state index contributed by atoms with van der Waals surface area (Å²) in [5.41, 5.74) is 0.253. The summed E-state index contributed by atoms with van der Waals surface area (Å²) < 4.78 is 18.3. The summed E-state index contributed by atoms with van der Waals surface area (Å²) in [5, 5.41) is 6.10. The van der Waals surface area contributed by atoms with Gasteiger partial charge in [0.15, 0.2) is 17.3 Å². The van der Waals surface area contributed by atoms with Crippen LogP contribution in [0.25, 0.3) is 0 Å². The van der Waals surface area contributed by atoms with E-state index < -0.39 is 5.82 Å². The van der Waals surface area contributed by atoms with Gasteiger partial charge in [0.25, 0.3) is 0 Å². The number of ketones is 1.